The Balaban J connectivity index is 0.000000218. The lowest BCUT2D eigenvalue weighted by Gasteiger charge is -2.37. The Morgan fingerprint density at radius 3 is 2.12 bits per heavy atom. The predicted molar refractivity (Wildman–Crippen MR) is 208 cm³/mol. The number of nitro benzene ring substituents is 1. The van der Waals surface area contributed by atoms with E-state index >= 15 is 0 Å². The van der Waals surface area contributed by atoms with Crippen LogP contribution in [0, 0.1) is 22.0 Å². The summed E-state index contributed by atoms with van der Waals surface area (Å²) in [6.45, 7) is 7.20. The van der Waals surface area contributed by atoms with E-state index in [1.807, 2.05) is 45.0 Å². The SMILES string of the molecule is CC.CO.COCC1Cc2cc3c(cc2C(c2cc(OC)c(OC)c(OC)c2)C1C=O)OCO3.C[C@@H]1OCC2OC(O)CC3OC23O1.O=COc1ccc([N+](=O)[O-])cc1. The second-order valence-corrected chi connectivity index (χ2v) is 13.1. The van der Waals surface area contributed by atoms with E-state index in [0.29, 0.717) is 42.6 Å². The van der Waals surface area contributed by atoms with Gasteiger partial charge in [-0.3, -0.25) is 14.9 Å². The monoisotopic (exact) mass is 831 g/mol. The smallest absolute Gasteiger partial charge is 0.298 e. The number of non-ortho nitro benzene ring substituents is 1. The minimum Gasteiger partial charge on any atom is -0.493 e. The zero-order valence-corrected chi connectivity index (χ0v) is 34.3. The van der Waals surface area contributed by atoms with Gasteiger partial charge in [-0.1, -0.05) is 13.8 Å². The average Bonchev–Trinajstić information content (AvgIpc) is 3.75. The van der Waals surface area contributed by atoms with Crippen LogP contribution in [0.2, 0.25) is 0 Å². The topological polar surface area (TPSA) is 223 Å². The molecule has 2 N–H and O–H groups in total. The van der Waals surface area contributed by atoms with Crippen molar-refractivity contribution in [2.75, 3.05) is 55.6 Å². The van der Waals surface area contributed by atoms with Gasteiger partial charge in [-0.2, -0.15) is 0 Å². The molecule has 0 radical (unpaired) electrons. The number of epoxide rings is 1. The number of aliphatic hydroxyl groups excluding tert-OH is 2. The van der Waals surface area contributed by atoms with Crippen LogP contribution in [0.3, 0.4) is 0 Å². The number of carbonyl (C=O) groups is 2. The Morgan fingerprint density at radius 1 is 0.915 bits per heavy atom. The lowest BCUT2D eigenvalue weighted by atomic mass is 9.67. The summed E-state index contributed by atoms with van der Waals surface area (Å²) in [5.41, 5.74) is 3.03. The van der Waals surface area contributed by atoms with Gasteiger partial charge in [0.25, 0.3) is 12.2 Å². The van der Waals surface area contributed by atoms with Crippen molar-refractivity contribution in [1.29, 1.82) is 0 Å². The molecule has 59 heavy (non-hydrogen) atoms. The largest absolute Gasteiger partial charge is 0.493 e. The second kappa shape index (κ2) is 21.8. The summed E-state index contributed by atoms with van der Waals surface area (Å²) < 4.78 is 59.1. The summed E-state index contributed by atoms with van der Waals surface area (Å²) in [6.07, 6.45) is 0.953. The Hall–Kier alpha value is -5.08. The molecule has 3 aromatic rings. The standard InChI is InChI=1S/C23H26O7.C8H12O5.C7H5NO4.C2H6.CH4O/c1-25-11-15-5-13-6-18-19(30-12-29-18)9-16(13)22(17(15)10-24)14-7-20(26-2)23(28-4)21(8-14)27-3;1-4-10-3-6-8(12-4)5(13-8)2-7(9)11-6;9-5-12-7-3-1-6(2-4-7)8(10)11;2*1-2/h6-10,15,17,22H,5,11-12H2,1-4H3;4-7,9H,2-3H2,1H3;1-5H;1-2H3;2H,1H3/t;4-,5?,6?,7?,8?;;;/m.1.../s1. The van der Waals surface area contributed by atoms with Gasteiger partial charge in [0.15, 0.2) is 35.6 Å². The van der Waals surface area contributed by atoms with Gasteiger partial charge in [-0.15, -0.1) is 0 Å². The number of aliphatic hydroxyl groups is 2. The third kappa shape index (κ3) is 10.6. The fourth-order valence-corrected chi connectivity index (χ4v) is 7.38. The van der Waals surface area contributed by atoms with Crippen LogP contribution in [0.25, 0.3) is 0 Å². The first-order chi connectivity index (χ1) is 28.6. The van der Waals surface area contributed by atoms with Gasteiger partial charge >= 0.3 is 0 Å². The molecule has 8 atom stereocenters. The Labute approximate surface area is 342 Å². The van der Waals surface area contributed by atoms with Crippen LogP contribution in [-0.4, -0.2) is 114 Å². The molecular formula is C41H53NO17. The van der Waals surface area contributed by atoms with Gasteiger partial charge in [-0.25, -0.2) is 0 Å². The Morgan fingerprint density at radius 2 is 1.56 bits per heavy atom. The molecule has 1 aliphatic carbocycles. The lowest BCUT2D eigenvalue weighted by molar-refractivity contribution is -0.384. The molecule has 4 aliphatic heterocycles. The third-order valence-corrected chi connectivity index (χ3v) is 9.93. The molecule has 1 spiro atoms. The molecule has 3 fully saturated rings. The zero-order valence-electron chi connectivity index (χ0n) is 34.3. The fourth-order valence-electron chi connectivity index (χ4n) is 7.38. The maximum Gasteiger partial charge on any atom is 0.298 e. The van der Waals surface area contributed by atoms with Crippen LogP contribution < -0.4 is 28.4 Å². The molecule has 0 amide bonds. The van der Waals surface area contributed by atoms with Crippen molar-refractivity contribution in [3.8, 4) is 34.5 Å². The minimum absolute atomic E-state index is 0.0207. The van der Waals surface area contributed by atoms with E-state index in [1.54, 1.807) is 28.4 Å². The van der Waals surface area contributed by atoms with Crippen molar-refractivity contribution >= 4 is 18.4 Å². The number of ether oxygens (including phenoxy) is 11. The molecule has 8 rings (SSSR count). The maximum atomic E-state index is 12.3. The molecule has 0 saturated carbocycles. The van der Waals surface area contributed by atoms with Crippen molar-refractivity contribution in [1.82, 2.24) is 0 Å². The number of aldehydes is 1. The van der Waals surface area contributed by atoms with Gasteiger partial charge in [0.2, 0.25) is 18.3 Å². The number of hydrogen-bond donors (Lipinski definition) is 2. The summed E-state index contributed by atoms with van der Waals surface area (Å²) in [4.78, 5) is 31.8. The van der Waals surface area contributed by atoms with Crippen LogP contribution in [0.15, 0.2) is 48.5 Å². The first-order valence-corrected chi connectivity index (χ1v) is 18.9. The number of nitrogens with zero attached hydrogens (tertiary/aromatic N) is 1. The Bertz CT molecular complexity index is 1820. The number of methoxy groups -OCH3 is 4. The number of rotatable bonds is 10. The van der Waals surface area contributed by atoms with Crippen LogP contribution in [0.5, 0.6) is 34.5 Å². The molecule has 4 heterocycles. The van der Waals surface area contributed by atoms with E-state index in [0.717, 1.165) is 42.3 Å². The summed E-state index contributed by atoms with van der Waals surface area (Å²) in [5.74, 6) is 2.26. The van der Waals surface area contributed by atoms with Crippen molar-refractivity contribution in [3.05, 3.63) is 75.3 Å². The highest BCUT2D eigenvalue weighted by Crippen LogP contribution is 2.52. The van der Waals surface area contributed by atoms with Crippen molar-refractivity contribution in [2.24, 2.45) is 11.8 Å². The van der Waals surface area contributed by atoms with Crippen LogP contribution in [-0.2, 0) is 39.7 Å². The molecule has 324 valence electrons. The summed E-state index contributed by atoms with van der Waals surface area (Å²) in [7, 11) is 7.39. The molecule has 0 bridgehead atoms. The van der Waals surface area contributed by atoms with Crippen LogP contribution in [0.4, 0.5) is 5.69 Å². The van der Waals surface area contributed by atoms with Crippen LogP contribution >= 0.6 is 0 Å². The van der Waals surface area contributed by atoms with Gasteiger partial charge in [-0.05, 0) is 72.4 Å². The van der Waals surface area contributed by atoms with Gasteiger partial charge in [0.1, 0.15) is 24.2 Å². The molecule has 3 saturated heterocycles. The highest BCUT2D eigenvalue weighted by Gasteiger charge is 2.69. The Kier molecular flexibility index (Phi) is 17.2. The van der Waals surface area contributed by atoms with Crippen molar-refractivity contribution < 1.29 is 76.8 Å². The minimum atomic E-state index is -0.744. The van der Waals surface area contributed by atoms with E-state index in [1.165, 1.54) is 24.3 Å². The summed E-state index contributed by atoms with van der Waals surface area (Å²) >= 11 is 0. The molecule has 7 unspecified atom stereocenters. The quantitative estimate of drug-likeness (QED) is 0.124. The first kappa shape index (κ1) is 46.6. The van der Waals surface area contributed by atoms with E-state index < -0.39 is 17.0 Å². The van der Waals surface area contributed by atoms with Gasteiger partial charge in [0, 0.05) is 44.6 Å². The molecule has 18 heteroatoms. The molecule has 5 aliphatic rings. The van der Waals surface area contributed by atoms with Crippen LogP contribution in [0.1, 0.15) is 49.8 Å². The summed E-state index contributed by atoms with van der Waals surface area (Å²) in [6, 6.07) is 13.1. The third-order valence-electron chi connectivity index (χ3n) is 9.93. The van der Waals surface area contributed by atoms with E-state index in [9.17, 15) is 24.8 Å². The summed E-state index contributed by atoms with van der Waals surface area (Å²) in [5, 5.41) is 26.5. The average molecular weight is 832 g/mol. The highest BCUT2D eigenvalue weighted by atomic mass is 16.9. The molecule has 0 aromatic heterocycles. The lowest BCUT2D eigenvalue weighted by Crippen LogP contribution is -2.52. The molecule has 18 nitrogen and oxygen atoms in total. The maximum absolute atomic E-state index is 12.3. The molecular weight excluding hydrogens is 778 g/mol. The van der Waals surface area contributed by atoms with Gasteiger partial charge in [0.05, 0.1) is 39.5 Å². The number of carbonyl (C=O) groups excluding carboxylic acids is 2. The normalized spacial score (nSPS) is 26.2. The zero-order chi connectivity index (χ0) is 43.3. The van der Waals surface area contributed by atoms with E-state index in [-0.39, 0.29) is 61.0 Å². The van der Waals surface area contributed by atoms with Crippen molar-refractivity contribution in [3.63, 3.8) is 0 Å². The second-order valence-electron chi connectivity index (χ2n) is 13.1. The van der Waals surface area contributed by atoms with E-state index in [2.05, 4.69) is 4.74 Å². The molecule has 3 aromatic carbocycles. The number of benzene rings is 3. The highest BCUT2D eigenvalue weighted by molar-refractivity contribution is 5.65. The number of nitro groups is 1. The predicted octanol–water partition coefficient (Wildman–Crippen LogP) is 4.55. The van der Waals surface area contributed by atoms with Crippen molar-refractivity contribution in [2.45, 2.75) is 70.1 Å². The fraction of sp³-hybridized carbons (Fsp3) is 0.512. The number of fused-ring (bicyclic) bond motifs is 2. The first-order valence-electron chi connectivity index (χ1n) is 18.9. The van der Waals surface area contributed by atoms with Gasteiger partial charge < -0.3 is 67.1 Å². The van der Waals surface area contributed by atoms with E-state index in [4.69, 9.17) is 52.5 Å². The number of hydrogen-bond acceptors (Lipinski definition) is 17.